The molecule has 98 valence electrons. The highest BCUT2D eigenvalue weighted by Gasteiger charge is 2.44. The molecule has 0 amide bonds. The Morgan fingerprint density at radius 2 is 2.12 bits per heavy atom. The van der Waals surface area contributed by atoms with Crippen LogP contribution < -0.4 is 0 Å². The molecule has 1 saturated carbocycles. The molecule has 2 heteroatoms. The van der Waals surface area contributed by atoms with Crippen LogP contribution in [-0.2, 0) is 9.47 Å². The van der Waals surface area contributed by atoms with Crippen molar-refractivity contribution in [3.05, 3.63) is 11.1 Å². The summed E-state index contributed by atoms with van der Waals surface area (Å²) in [4.78, 5) is 0. The Bertz CT molecular complexity index is 294. The molecule has 2 aliphatic rings. The van der Waals surface area contributed by atoms with Crippen LogP contribution in [0.25, 0.3) is 0 Å². The first kappa shape index (κ1) is 13.1. The maximum Gasteiger partial charge on any atom is 0.157 e. The maximum absolute atomic E-state index is 5.91. The zero-order chi connectivity index (χ0) is 12.5. The molecule has 0 aromatic carbocycles. The van der Waals surface area contributed by atoms with E-state index in [1.54, 1.807) is 5.57 Å². The highest BCUT2D eigenvalue weighted by atomic mass is 16.7. The molecule has 0 radical (unpaired) electrons. The number of ether oxygens (including phenoxy) is 2. The van der Waals surface area contributed by atoms with E-state index in [2.05, 4.69) is 27.7 Å². The first-order valence-corrected chi connectivity index (χ1v) is 6.92. The maximum atomic E-state index is 5.91. The first-order valence-electron chi connectivity index (χ1n) is 6.92. The van der Waals surface area contributed by atoms with E-state index < -0.39 is 0 Å². The van der Waals surface area contributed by atoms with Crippen molar-refractivity contribution in [1.82, 2.24) is 0 Å². The second-order valence-electron chi connectivity index (χ2n) is 6.23. The zero-order valence-electron chi connectivity index (χ0n) is 11.7. The second-order valence-corrected chi connectivity index (χ2v) is 6.23. The lowest BCUT2D eigenvalue weighted by Gasteiger charge is -2.49. The molecule has 17 heavy (non-hydrogen) atoms. The molecule has 1 aliphatic heterocycles. The Morgan fingerprint density at radius 3 is 2.65 bits per heavy atom. The van der Waals surface area contributed by atoms with E-state index >= 15 is 0 Å². The Kier molecular flexibility index (Phi) is 3.94. The Morgan fingerprint density at radius 1 is 1.35 bits per heavy atom. The van der Waals surface area contributed by atoms with Gasteiger partial charge in [0.25, 0.3) is 0 Å². The lowest BCUT2D eigenvalue weighted by atomic mass is 9.58. The summed E-state index contributed by atoms with van der Waals surface area (Å²) in [6, 6.07) is 0. The van der Waals surface area contributed by atoms with Gasteiger partial charge in [-0.3, -0.25) is 0 Å². The van der Waals surface area contributed by atoms with Gasteiger partial charge in [-0.2, -0.15) is 0 Å². The van der Waals surface area contributed by atoms with Gasteiger partial charge < -0.3 is 9.47 Å². The van der Waals surface area contributed by atoms with E-state index in [1.165, 1.54) is 24.8 Å². The highest BCUT2D eigenvalue weighted by molar-refractivity contribution is 5.28. The van der Waals surface area contributed by atoms with Crippen LogP contribution in [0.4, 0.5) is 0 Å². The fraction of sp³-hybridized carbons (Fsp3) is 0.867. The molecule has 2 nitrogen and oxygen atoms in total. The van der Waals surface area contributed by atoms with Crippen molar-refractivity contribution in [3.63, 3.8) is 0 Å². The molecule has 2 unspecified atom stereocenters. The Labute approximate surface area is 105 Å². The van der Waals surface area contributed by atoms with Crippen molar-refractivity contribution in [2.24, 2.45) is 11.3 Å². The summed E-state index contributed by atoms with van der Waals surface area (Å²) < 4.78 is 11.5. The van der Waals surface area contributed by atoms with Crippen molar-refractivity contribution in [2.75, 3.05) is 13.2 Å². The van der Waals surface area contributed by atoms with Crippen molar-refractivity contribution in [1.29, 1.82) is 0 Å². The van der Waals surface area contributed by atoms with Gasteiger partial charge in [-0.05, 0) is 50.9 Å². The smallest absolute Gasteiger partial charge is 0.157 e. The zero-order valence-corrected chi connectivity index (χ0v) is 11.7. The van der Waals surface area contributed by atoms with Crippen LogP contribution in [0.5, 0.6) is 0 Å². The van der Waals surface area contributed by atoms with E-state index in [-0.39, 0.29) is 6.29 Å². The van der Waals surface area contributed by atoms with Crippen LogP contribution in [0.2, 0.25) is 0 Å². The predicted molar refractivity (Wildman–Crippen MR) is 69.8 cm³/mol. The molecule has 0 aromatic rings. The average Bonchev–Trinajstić information content (AvgIpc) is 2.28. The second kappa shape index (κ2) is 5.11. The monoisotopic (exact) mass is 238 g/mol. The molecular weight excluding hydrogens is 212 g/mol. The Balaban J connectivity index is 1.80. The Hall–Kier alpha value is -0.340. The van der Waals surface area contributed by atoms with E-state index in [0.29, 0.717) is 11.3 Å². The van der Waals surface area contributed by atoms with Crippen LogP contribution in [0, 0.1) is 11.3 Å². The van der Waals surface area contributed by atoms with Crippen molar-refractivity contribution in [3.8, 4) is 0 Å². The minimum Gasteiger partial charge on any atom is -0.353 e. The summed E-state index contributed by atoms with van der Waals surface area (Å²) in [5, 5.41) is 0. The predicted octanol–water partition coefficient (Wildman–Crippen LogP) is 3.91. The van der Waals surface area contributed by atoms with E-state index in [9.17, 15) is 0 Å². The summed E-state index contributed by atoms with van der Waals surface area (Å²) in [5.74, 6) is 0.665. The molecule has 2 fully saturated rings. The van der Waals surface area contributed by atoms with Gasteiger partial charge >= 0.3 is 0 Å². The molecule has 0 N–H and O–H groups in total. The largest absolute Gasteiger partial charge is 0.353 e. The average molecular weight is 238 g/mol. The molecule has 2 atom stereocenters. The molecule has 1 heterocycles. The van der Waals surface area contributed by atoms with E-state index in [0.717, 1.165) is 19.6 Å². The molecule has 0 bridgehead atoms. The molecule has 0 spiro atoms. The lowest BCUT2D eigenvalue weighted by Crippen LogP contribution is -2.42. The molecule has 1 saturated heterocycles. The van der Waals surface area contributed by atoms with Gasteiger partial charge in [-0.1, -0.05) is 25.0 Å². The summed E-state index contributed by atoms with van der Waals surface area (Å²) in [5.41, 5.74) is 3.43. The lowest BCUT2D eigenvalue weighted by molar-refractivity contribution is -0.177. The fourth-order valence-electron chi connectivity index (χ4n) is 3.06. The van der Waals surface area contributed by atoms with Gasteiger partial charge in [0.15, 0.2) is 6.29 Å². The van der Waals surface area contributed by atoms with Crippen molar-refractivity contribution in [2.45, 2.75) is 59.7 Å². The van der Waals surface area contributed by atoms with Gasteiger partial charge in [0, 0.05) is 6.61 Å². The van der Waals surface area contributed by atoms with E-state index in [4.69, 9.17) is 9.47 Å². The summed E-state index contributed by atoms with van der Waals surface area (Å²) in [6.45, 7) is 10.9. The molecule has 1 aliphatic carbocycles. The third-order valence-electron chi connectivity index (χ3n) is 4.47. The SMILES string of the molecule is CC(C)=C1CC(COC2CCCCO2)C1(C)C. The standard InChI is InChI=1S/C15H26O2/c1-11(2)13-9-12(15(13,3)4)10-17-14-7-5-6-8-16-14/h12,14H,5-10H2,1-4H3. The number of hydrogen-bond donors (Lipinski definition) is 0. The minimum absolute atomic E-state index is 0.0651. The van der Waals surface area contributed by atoms with Crippen molar-refractivity contribution >= 4 is 0 Å². The number of allylic oxidation sites excluding steroid dienone is 2. The third kappa shape index (κ3) is 2.74. The number of rotatable bonds is 3. The van der Waals surface area contributed by atoms with Crippen LogP contribution in [0.15, 0.2) is 11.1 Å². The van der Waals surface area contributed by atoms with Crippen LogP contribution >= 0.6 is 0 Å². The minimum atomic E-state index is 0.0651. The molecule has 0 aromatic heterocycles. The van der Waals surface area contributed by atoms with Crippen molar-refractivity contribution < 1.29 is 9.47 Å². The van der Waals surface area contributed by atoms with Gasteiger partial charge in [0.2, 0.25) is 0 Å². The summed E-state index contributed by atoms with van der Waals surface area (Å²) in [7, 11) is 0. The quantitative estimate of drug-likeness (QED) is 0.694. The first-order chi connectivity index (χ1) is 8.01. The highest BCUT2D eigenvalue weighted by Crippen LogP contribution is 2.52. The van der Waals surface area contributed by atoms with Gasteiger partial charge in [-0.15, -0.1) is 0 Å². The van der Waals surface area contributed by atoms with Crippen LogP contribution in [0.3, 0.4) is 0 Å². The van der Waals surface area contributed by atoms with Crippen LogP contribution in [0.1, 0.15) is 53.4 Å². The number of hydrogen-bond acceptors (Lipinski definition) is 2. The molecule has 2 rings (SSSR count). The van der Waals surface area contributed by atoms with Crippen LogP contribution in [-0.4, -0.2) is 19.5 Å². The van der Waals surface area contributed by atoms with E-state index in [1.807, 2.05) is 0 Å². The normalized spacial score (nSPS) is 32.1. The summed E-state index contributed by atoms with van der Waals surface area (Å²) in [6.07, 6.45) is 4.79. The van der Waals surface area contributed by atoms with Gasteiger partial charge in [-0.25, -0.2) is 0 Å². The topological polar surface area (TPSA) is 18.5 Å². The van der Waals surface area contributed by atoms with Gasteiger partial charge in [0.1, 0.15) is 0 Å². The fourth-order valence-corrected chi connectivity index (χ4v) is 3.06. The summed E-state index contributed by atoms with van der Waals surface area (Å²) >= 11 is 0. The third-order valence-corrected chi connectivity index (χ3v) is 4.47. The molecular formula is C15H26O2. The van der Waals surface area contributed by atoms with Gasteiger partial charge in [0.05, 0.1) is 6.61 Å².